The van der Waals surface area contributed by atoms with Gasteiger partial charge < -0.3 is 20.4 Å². The molecule has 0 spiro atoms. The topological polar surface area (TPSA) is 42.9 Å². The maximum Gasteiger partial charge on any atom is 0.191 e. The van der Waals surface area contributed by atoms with Gasteiger partial charge in [0, 0.05) is 46.3 Å². The number of aliphatic imine (C=N–C) groups is 1. The average Bonchev–Trinajstić information content (AvgIpc) is 2.62. The van der Waals surface area contributed by atoms with E-state index in [0.29, 0.717) is 11.5 Å². The number of benzene rings is 1. The van der Waals surface area contributed by atoms with Crippen LogP contribution >= 0.6 is 0 Å². The lowest BCUT2D eigenvalue weighted by molar-refractivity contribution is 0.139. The van der Waals surface area contributed by atoms with Gasteiger partial charge in [0.05, 0.1) is 6.04 Å². The Bertz CT molecular complexity index is 596. The molecule has 2 rings (SSSR count). The minimum Gasteiger partial charge on any atom is -0.356 e. The van der Waals surface area contributed by atoms with Crippen LogP contribution in [0.25, 0.3) is 0 Å². The summed E-state index contributed by atoms with van der Waals surface area (Å²) in [7, 11) is 3.95. The summed E-state index contributed by atoms with van der Waals surface area (Å²) in [6.45, 7) is 12.6. The molecule has 1 heterocycles. The fourth-order valence-electron chi connectivity index (χ4n) is 3.17. The van der Waals surface area contributed by atoms with Gasteiger partial charge in [-0.15, -0.1) is 0 Å². The fraction of sp³-hybridized carbons (Fsp3) is 0.650. The minimum absolute atomic E-state index is 0.00997. The summed E-state index contributed by atoms with van der Waals surface area (Å²) < 4.78 is 13.8. The predicted octanol–water partition coefficient (Wildman–Crippen LogP) is 2.24. The Hall–Kier alpha value is -1.66. The van der Waals surface area contributed by atoms with E-state index in [4.69, 9.17) is 0 Å². The molecular weight excluding hydrogens is 329 g/mol. The van der Waals surface area contributed by atoms with E-state index in [1.807, 2.05) is 19.1 Å². The number of nitrogens with zero attached hydrogens (tertiary/aromatic N) is 3. The maximum absolute atomic E-state index is 13.8. The summed E-state index contributed by atoms with van der Waals surface area (Å²) in [5, 5.41) is 6.75. The summed E-state index contributed by atoms with van der Waals surface area (Å²) in [4.78, 5) is 9.21. The molecule has 2 atom stereocenters. The second-order valence-electron chi connectivity index (χ2n) is 7.54. The van der Waals surface area contributed by atoms with Gasteiger partial charge >= 0.3 is 0 Å². The highest BCUT2D eigenvalue weighted by molar-refractivity contribution is 5.80. The molecule has 1 aromatic carbocycles. The normalized spacial score (nSPS) is 19.2. The van der Waals surface area contributed by atoms with Crippen LogP contribution < -0.4 is 10.6 Å². The van der Waals surface area contributed by atoms with Crippen molar-refractivity contribution in [2.24, 2.45) is 10.9 Å². The lowest BCUT2D eigenvalue weighted by Crippen LogP contribution is -2.47. The zero-order valence-corrected chi connectivity index (χ0v) is 16.8. The van der Waals surface area contributed by atoms with E-state index < -0.39 is 0 Å². The average molecular weight is 364 g/mol. The van der Waals surface area contributed by atoms with Gasteiger partial charge in [-0.25, -0.2) is 4.39 Å². The molecule has 6 heteroatoms. The van der Waals surface area contributed by atoms with Crippen LogP contribution in [-0.4, -0.2) is 69.1 Å². The Morgan fingerprint density at radius 1 is 1.23 bits per heavy atom. The predicted molar refractivity (Wildman–Crippen MR) is 107 cm³/mol. The molecule has 0 aromatic heterocycles. The lowest BCUT2D eigenvalue weighted by Gasteiger charge is -2.34. The van der Waals surface area contributed by atoms with Crippen LogP contribution in [0.3, 0.4) is 0 Å². The number of hydrogen-bond donors (Lipinski definition) is 2. The van der Waals surface area contributed by atoms with E-state index in [-0.39, 0.29) is 11.9 Å². The molecule has 2 N–H and O–H groups in total. The van der Waals surface area contributed by atoms with Gasteiger partial charge in [0.2, 0.25) is 0 Å². The second kappa shape index (κ2) is 9.88. The quantitative estimate of drug-likeness (QED) is 0.601. The van der Waals surface area contributed by atoms with Crippen molar-refractivity contribution >= 4 is 5.96 Å². The van der Waals surface area contributed by atoms with Gasteiger partial charge in [0.15, 0.2) is 5.96 Å². The minimum atomic E-state index is -0.167. The van der Waals surface area contributed by atoms with E-state index in [2.05, 4.69) is 39.4 Å². The van der Waals surface area contributed by atoms with Crippen LogP contribution in [0, 0.1) is 18.7 Å². The van der Waals surface area contributed by atoms with Gasteiger partial charge in [-0.05, 0) is 44.0 Å². The highest BCUT2D eigenvalue weighted by Crippen LogP contribution is 2.16. The van der Waals surface area contributed by atoms with Crippen molar-refractivity contribution in [3.05, 3.63) is 35.1 Å². The number of piperazine rings is 1. The summed E-state index contributed by atoms with van der Waals surface area (Å²) in [6.07, 6.45) is 0. The van der Waals surface area contributed by atoms with Gasteiger partial charge in [0.25, 0.3) is 0 Å². The first-order valence-electron chi connectivity index (χ1n) is 9.53. The molecule has 0 amide bonds. The molecule has 146 valence electrons. The van der Waals surface area contributed by atoms with Crippen molar-refractivity contribution in [1.29, 1.82) is 0 Å². The SMILES string of the molecule is CN=C(NCC(C)CN1CCN(C)CC1)NC(C)c1ccc(C)c(F)c1. The summed E-state index contributed by atoms with van der Waals surface area (Å²) >= 11 is 0. The first kappa shape index (κ1) is 20.6. The first-order valence-corrected chi connectivity index (χ1v) is 9.53. The molecule has 0 aliphatic carbocycles. The van der Waals surface area contributed by atoms with E-state index >= 15 is 0 Å². The zero-order valence-electron chi connectivity index (χ0n) is 16.8. The van der Waals surface area contributed by atoms with Crippen molar-refractivity contribution in [2.75, 3.05) is 53.4 Å². The van der Waals surface area contributed by atoms with E-state index in [0.717, 1.165) is 50.8 Å². The molecule has 1 aromatic rings. The number of hydrogen-bond acceptors (Lipinski definition) is 3. The van der Waals surface area contributed by atoms with Crippen LogP contribution in [0.4, 0.5) is 4.39 Å². The van der Waals surface area contributed by atoms with Crippen molar-refractivity contribution < 1.29 is 4.39 Å². The summed E-state index contributed by atoms with van der Waals surface area (Å²) in [5.74, 6) is 1.12. The highest BCUT2D eigenvalue weighted by Gasteiger charge is 2.16. The van der Waals surface area contributed by atoms with Crippen molar-refractivity contribution in [3.63, 3.8) is 0 Å². The third kappa shape index (κ3) is 6.25. The van der Waals surface area contributed by atoms with E-state index in [1.165, 1.54) is 0 Å². The summed E-state index contributed by atoms with van der Waals surface area (Å²) in [5.41, 5.74) is 1.59. The van der Waals surface area contributed by atoms with Crippen LogP contribution in [0.2, 0.25) is 0 Å². The number of guanidine groups is 1. The Morgan fingerprint density at radius 2 is 1.92 bits per heavy atom. The summed E-state index contributed by atoms with van der Waals surface area (Å²) in [6, 6.07) is 5.36. The van der Waals surface area contributed by atoms with Crippen molar-refractivity contribution in [2.45, 2.75) is 26.8 Å². The van der Waals surface area contributed by atoms with Gasteiger partial charge in [-0.2, -0.15) is 0 Å². The Balaban J connectivity index is 1.78. The Morgan fingerprint density at radius 3 is 2.54 bits per heavy atom. The van der Waals surface area contributed by atoms with Crippen LogP contribution in [0.1, 0.15) is 31.0 Å². The molecule has 0 bridgehead atoms. The molecule has 0 saturated carbocycles. The number of halogens is 1. The van der Waals surface area contributed by atoms with E-state index in [9.17, 15) is 4.39 Å². The van der Waals surface area contributed by atoms with Gasteiger partial charge in [-0.1, -0.05) is 19.1 Å². The fourth-order valence-corrected chi connectivity index (χ4v) is 3.17. The lowest BCUT2D eigenvalue weighted by atomic mass is 10.1. The molecular formula is C20H34FN5. The van der Waals surface area contributed by atoms with Gasteiger partial charge in [0.1, 0.15) is 5.82 Å². The molecule has 1 saturated heterocycles. The monoisotopic (exact) mass is 363 g/mol. The number of aryl methyl sites for hydroxylation is 1. The molecule has 2 unspecified atom stereocenters. The maximum atomic E-state index is 13.8. The third-order valence-electron chi connectivity index (χ3n) is 5.06. The van der Waals surface area contributed by atoms with Crippen LogP contribution in [0.15, 0.2) is 23.2 Å². The van der Waals surface area contributed by atoms with Crippen LogP contribution in [-0.2, 0) is 0 Å². The number of likely N-dealkylation sites (N-methyl/N-ethyl adjacent to an activating group) is 1. The largest absolute Gasteiger partial charge is 0.356 e. The zero-order chi connectivity index (χ0) is 19.1. The first-order chi connectivity index (χ1) is 12.4. The molecule has 1 aliphatic heterocycles. The third-order valence-corrected chi connectivity index (χ3v) is 5.06. The second-order valence-corrected chi connectivity index (χ2v) is 7.54. The molecule has 1 fully saturated rings. The Kier molecular flexibility index (Phi) is 7.85. The van der Waals surface area contributed by atoms with Gasteiger partial charge in [-0.3, -0.25) is 4.99 Å². The number of rotatable bonds is 6. The smallest absolute Gasteiger partial charge is 0.191 e. The molecule has 0 radical (unpaired) electrons. The van der Waals surface area contributed by atoms with E-state index in [1.54, 1.807) is 20.0 Å². The van der Waals surface area contributed by atoms with Crippen LogP contribution in [0.5, 0.6) is 0 Å². The van der Waals surface area contributed by atoms with Crippen molar-refractivity contribution in [1.82, 2.24) is 20.4 Å². The standard InChI is InChI=1S/C20H34FN5/c1-15(14-26-10-8-25(5)9-11-26)13-23-20(22-4)24-17(3)18-7-6-16(2)19(21)12-18/h6-7,12,15,17H,8-11,13-14H2,1-5H3,(H2,22,23,24). The molecule has 26 heavy (non-hydrogen) atoms. The molecule has 5 nitrogen and oxygen atoms in total. The Labute approximate surface area is 157 Å². The number of nitrogens with one attached hydrogen (secondary N) is 2. The molecule has 1 aliphatic rings. The van der Waals surface area contributed by atoms with Crippen molar-refractivity contribution in [3.8, 4) is 0 Å². The highest BCUT2D eigenvalue weighted by atomic mass is 19.1.